The number of hydrogen-bond donors (Lipinski definition) is 1. The molecule has 0 saturated carbocycles. The molecule has 0 atom stereocenters. The Morgan fingerprint density at radius 3 is 2.41 bits per heavy atom. The summed E-state index contributed by atoms with van der Waals surface area (Å²) in [5.74, 6) is -0.905. The van der Waals surface area contributed by atoms with E-state index in [0.29, 0.717) is 19.4 Å². The van der Waals surface area contributed by atoms with E-state index in [4.69, 9.17) is 16.7 Å². The van der Waals surface area contributed by atoms with Gasteiger partial charge in [-0.15, -0.1) is 11.3 Å². The number of carbonyl (C=O) groups is 2. The summed E-state index contributed by atoms with van der Waals surface area (Å²) < 4.78 is 0.731. The van der Waals surface area contributed by atoms with Crippen LogP contribution in [0.4, 0.5) is 0 Å². The lowest BCUT2D eigenvalue weighted by atomic mass is 10.1. The fourth-order valence-electron chi connectivity index (χ4n) is 2.02. The number of hydrogen-bond acceptors (Lipinski definition) is 3. The number of amides is 1. The van der Waals surface area contributed by atoms with Crippen molar-refractivity contribution in [1.29, 1.82) is 0 Å². The van der Waals surface area contributed by atoms with E-state index in [1.165, 1.54) is 11.3 Å². The van der Waals surface area contributed by atoms with E-state index in [0.717, 1.165) is 14.8 Å². The van der Waals surface area contributed by atoms with Gasteiger partial charge in [-0.05, 0) is 36.2 Å². The van der Waals surface area contributed by atoms with Crippen LogP contribution in [0.5, 0.6) is 0 Å². The van der Waals surface area contributed by atoms with Crippen LogP contribution < -0.4 is 0 Å². The summed E-state index contributed by atoms with van der Waals surface area (Å²) in [6.07, 6.45) is 1.11. The van der Waals surface area contributed by atoms with E-state index in [2.05, 4.69) is 0 Å². The topological polar surface area (TPSA) is 57.6 Å². The van der Waals surface area contributed by atoms with Crippen LogP contribution in [0, 0.1) is 0 Å². The molecule has 2 aromatic rings. The number of halogens is 1. The summed E-state index contributed by atoms with van der Waals surface area (Å²) in [6.45, 7) is 0.462. The lowest BCUT2D eigenvalue weighted by Crippen LogP contribution is -2.26. The maximum Gasteiger partial charge on any atom is 0.335 e. The molecule has 1 heterocycles. The normalized spacial score (nSPS) is 10.5. The molecule has 22 heavy (non-hydrogen) atoms. The molecule has 0 radical (unpaired) electrons. The average molecular weight is 338 g/mol. The third-order valence-corrected chi connectivity index (χ3v) is 4.55. The molecule has 0 aliphatic heterocycles. The molecule has 0 aliphatic carbocycles. The van der Waals surface area contributed by atoms with Gasteiger partial charge in [0.05, 0.1) is 9.90 Å². The second-order valence-corrected chi connectivity index (χ2v) is 6.76. The smallest absolute Gasteiger partial charge is 0.335 e. The quantitative estimate of drug-likeness (QED) is 0.874. The van der Waals surface area contributed by atoms with Crippen LogP contribution in [-0.2, 0) is 17.8 Å². The van der Waals surface area contributed by atoms with Gasteiger partial charge in [-0.25, -0.2) is 4.79 Å². The SMILES string of the molecule is CN(Cc1ccc(C(=O)O)cc1)C(=O)CCc1ccc(Cl)s1. The number of rotatable bonds is 6. The molecule has 1 N–H and O–H groups in total. The standard InChI is InChI=1S/C16H16ClNO3S/c1-18(10-11-2-4-12(5-3-11)16(20)21)15(19)9-7-13-6-8-14(17)22-13/h2-6,8H,7,9-10H2,1H3,(H,20,21). The molecule has 0 fully saturated rings. The zero-order chi connectivity index (χ0) is 16.1. The Kier molecular flexibility index (Phi) is 5.57. The van der Waals surface area contributed by atoms with Crippen LogP contribution in [0.25, 0.3) is 0 Å². The predicted molar refractivity (Wildman–Crippen MR) is 87.5 cm³/mol. The number of carboxylic acids is 1. The number of aryl methyl sites for hydroxylation is 1. The lowest BCUT2D eigenvalue weighted by molar-refractivity contribution is -0.130. The Balaban J connectivity index is 1.86. The maximum atomic E-state index is 12.1. The summed E-state index contributed by atoms with van der Waals surface area (Å²) in [6, 6.07) is 10.3. The van der Waals surface area contributed by atoms with Crippen molar-refractivity contribution < 1.29 is 14.7 Å². The summed E-state index contributed by atoms with van der Waals surface area (Å²) in [7, 11) is 1.74. The average Bonchev–Trinajstić information content (AvgIpc) is 2.91. The van der Waals surface area contributed by atoms with Gasteiger partial charge in [-0.2, -0.15) is 0 Å². The first kappa shape index (κ1) is 16.5. The van der Waals surface area contributed by atoms with Gasteiger partial charge in [0, 0.05) is 24.9 Å². The highest BCUT2D eigenvalue weighted by Gasteiger charge is 2.11. The number of nitrogens with zero attached hydrogens (tertiary/aromatic N) is 1. The van der Waals surface area contributed by atoms with E-state index in [1.807, 2.05) is 12.1 Å². The van der Waals surface area contributed by atoms with Crippen molar-refractivity contribution >= 4 is 34.8 Å². The largest absolute Gasteiger partial charge is 0.478 e. The van der Waals surface area contributed by atoms with Gasteiger partial charge in [-0.3, -0.25) is 4.79 Å². The first-order valence-electron chi connectivity index (χ1n) is 6.76. The van der Waals surface area contributed by atoms with Gasteiger partial charge < -0.3 is 10.0 Å². The van der Waals surface area contributed by atoms with Crippen LogP contribution in [0.15, 0.2) is 36.4 Å². The molecule has 1 aromatic carbocycles. The van der Waals surface area contributed by atoms with Crippen molar-refractivity contribution in [3.8, 4) is 0 Å². The first-order valence-corrected chi connectivity index (χ1v) is 7.95. The fourth-order valence-corrected chi connectivity index (χ4v) is 3.11. The van der Waals surface area contributed by atoms with Gasteiger partial charge in [0.2, 0.25) is 5.91 Å². The molecule has 116 valence electrons. The van der Waals surface area contributed by atoms with Gasteiger partial charge in [0.15, 0.2) is 0 Å². The molecule has 6 heteroatoms. The third-order valence-electron chi connectivity index (χ3n) is 3.26. The van der Waals surface area contributed by atoms with Gasteiger partial charge in [0.1, 0.15) is 0 Å². The van der Waals surface area contributed by atoms with E-state index >= 15 is 0 Å². The Morgan fingerprint density at radius 2 is 1.86 bits per heavy atom. The zero-order valence-corrected chi connectivity index (χ0v) is 13.7. The summed E-state index contributed by atoms with van der Waals surface area (Å²) >= 11 is 7.35. The Labute approximate surface area is 137 Å². The highest BCUT2D eigenvalue weighted by Crippen LogP contribution is 2.22. The van der Waals surface area contributed by atoms with Crippen molar-refractivity contribution in [2.24, 2.45) is 0 Å². The molecule has 0 saturated heterocycles. The van der Waals surface area contributed by atoms with Crippen molar-refractivity contribution in [3.05, 3.63) is 56.7 Å². The Hall–Kier alpha value is -1.85. The molecule has 0 spiro atoms. The van der Waals surface area contributed by atoms with Crippen LogP contribution in [0.3, 0.4) is 0 Å². The van der Waals surface area contributed by atoms with Crippen molar-refractivity contribution in [1.82, 2.24) is 4.90 Å². The van der Waals surface area contributed by atoms with Crippen molar-refractivity contribution in [2.45, 2.75) is 19.4 Å². The van der Waals surface area contributed by atoms with Crippen molar-refractivity contribution in [3.63, 3.8) is 0 Å². The minimum atomic E-state index is -0.953. The second-order valence-electron chi connectivity index (χ2n) is 4.96. The first-order chi connectivity index (χ1) is 10.5. The highest BCUT2D eigenvalue weighted by atomic mass is 35.5. The highest BCUT2D eigenvalue weighted by molar-refractivity contribution is 7.16. The molecular weight excluding hydrogens is 322 g/mol. The maximum absolute atomic E-state index is 12.1. The van der Waals surface area contributed by atoms with Crippen LogP contribution in [0.2, 0.25) is 4.34 Å². The van der Waals surface area contributed by atoms with Crippen LogP contribution in [-0.4, -0.2) is 28.9 Å². The number of thiophene rings is 1. The molecule has 2 rings (SSSR count). The summed E-state index contributed by atoms with van der Waals surface area (Å²) in [5, 5.41) is 8.85. The van der Waals surface area contributed by atoms with Crippen molar-refractivity contribution in [2.75, 3.05) is 7.05 Å². The van der Waals surface area contributed by atoms with E-state index in [1.54, 1.807) is 36.2 Å². The molecular formula is C16H16ClNO3S. The third kappa shape index (κ3) is 4.58. The van der Waals surface area contributed by atoms with E-state index in [9.17, 15) is 9.59 Å². The molecule has 0 unspecified atom stereocenters. The zero-order valence-electron chi connectivity index (χ0n) is 12.1. The number of carbonyl (C=O) groups excluding carboxylic acids is 1. The van der Waals surface area contributed by atoms with Gasteiger partial charge in [-0.1, -0.05) is 23.7 Å². The van der Waals surface area contributed by atoms with Crippen LogP contribution in [0.1, 0.15) is 27.2 Å². The minimum absolute atomic E-state index is 0.0480. The molecule has 0 bridgehead atoms. The predicted octanol–water partition coefficient (Wildman–Crippen LogP) is 3.69. The molecule has 4 nitrogen and oxygen atoms in total. The second kappa shape index (κ2) is 7.42. The minimum Gasteiger partial charge on any atom is -0.478 e. The molecule has 0 aliphatic rings. The lowest BCUT2D eigenvalue weighted by Gasteiger charge is -2.17. The Morgan fingerprint density at radius 1 is 1.18 bits per heavy atom. The van der Waals surface area contributed by atoms with E-state index < -0.39 is 5.97 Å². The number of benzene rings is 1. The Bertz CT molecular complexity index is 666. The molecule has 1 amide bonds. The van der Waals surface area contributed by atoms with Crippen LogP contribution >= 0.6 is 22.9 Å². The molecule has 1 aromatic heterocycles. The summed E-state index contributed by atoms with van der Waals surface area (Å²) in [4.78, 5) is 25.6. The van der Waals surface area contributed by atoms with Gasteiger partial charge >= 0.3 is 5.97 Å². The fraction of sp³-hybridized carbons (Fsp3) is 0.250. The monoisotopic (exact) mass is 337 g/mol. The summed E-state index contributed by atoms with van der Waals surface area (Å²) in [5.41, 5.74) is 1.15. The number of aromatic carboxylic acids is 1. The number of carboxylic acid groups (broad SMARTS) is 1. The van der Waals surface area contributed by atoms with Gasteiger partial charge in [0.25, 0.3) is 0 Å². The van der Waals surface area contributed by atoms with E-state index in [-0.39, 0.29) is 11.5 Å².